The Hall–Kier alpha value is -1.89. The first-order valence-electron chi connectivity index (χ1n) is 10.00. The first-order valence-corrected chi connectivity index (χ1v) is 13.2. The largest absolute Gasteiger partial charge is 0.496 e. The summed E-state index contributed by atoms with van der Waals surface area (Å²) >= 11 is 0. The molecule has 0 aliphatic carbocycles. The van der Waals surface area contributed by atoms with Crippen LogP contribution in [0.3, 0.4) is 0 Å². The number of rotatable bonds is 9. The molecule has 2 rings (SSSR count). The highest BCUT2D eigenvalue weighted by Gasteiger charge is 2.35. The van der Waals surface area contributed by atoms with Crippen LogP contribution in [0.1, 0.15) is 42.1 Å². The van der Waals surface area contributed by atoms with Crippen LogP contribution in [0.4, 0.5) is 5.69 Å². The average Bonchev–Trinajstić information content (AvgIpc) is 3.20. The van der Waals surface area contributed by atoms with Crippen LogP contribution >= 0.6 is 0 Å². The first kappa shape index (κ1) is 25.4. The van der Waals surface area contributed by atoms with E-state index in [9.17, 15) is 21.6 Å². The lowest BCUT2D eigenvalue weighted by Gasteiger charge is -2.28. The zero-order chi connectivity index (χ0) is 23.6. The second kappa shape index (κ2) is 9.72. The Morgan fingerprint density at radius 3 is 2.39 bits per heavy atom. The van der Waals surface area contributed by atoms with Crippen LogP contribution in [0.15, 0.2) is 12.1 Å². The fraction of sp³-hybridized carbons (Fsp3) is 0.632. The maximum Gasteiger partial charge on any atom is 0.316 e. The number of methoxy groups -OCH3 is 1. The third-order valence-electron chi connectivity index (χ3n) is 5.27. The molecule has 1 saturated heterocycles. The molecule has 2 N–H and O–H groups in total. The summed E-state index contributed by atoms with van der Waals surface area (Å²) in [5, 5.41) is 6.34. The average molecular weight is 477 g/mol. The molecule has 1 aromatic rings. The molecule has 2 atom stereocenters. The van der Waals surface area contributed by atoms with E-state index in [0.29, 0.717) is 15.7 Å². The van der Waals surface area contributed by atoms with Gasteiger partial charge in [-0.2, -0.15) is 16.4 Å². The van der Waals surface area contributed by atoms with E-state index in [1.165, 1.54) is 33.3 Å². The maximum atomic E-state index is 13.1. The fourth-order valence-electron chi connectivity index (χ4n) is 3.62. The summed E-state index contributed by atoms with van der Waals surface area (Å²) in [7, 11) is -4.74. The van der Waals surface area contributed by atoms with Crippen molar-refractivity contribution in [1.29, 1.82) is 0 Å². The Labute approximate surface area is 185 Å². The number of nitrogens with zero attached hydrogens (tertiary/aromatic N) is 2. The van der Waals surface area contributed by atoms with Crippen molar-refractivity contribution in [2.45, 2.75) is 45.2 Å². The van der Waals surface area contributed by atoms with Gasteiger partial charge in [-0.1, -0.05) is 6.92 Å². The van der Waals surface area contributed by atoms with Crippen LogP contribution < -0.4 is 19.1 Å². The zero-order valence-electron chi connectivity index (χ0n) is 18.8. The van der Waals surface area contributed by atoms with Gasteiger partial charge >= 0.3 is 10.2 Å². The van der Waals surface area contributed by atoms with Crippen LogP contribution in [0, 0.1) is 6.92 Å². The van der Waals surface area contributed by atoms with E-state index in [1.54, 1.807) is 6.92 Å². The number of carbonyl (C=O) groups is 1. The Morgan fingerprint density at radius 1 is 1.29 bits per heavy atom. The van der Waals surface area contributed by atoms with E-state index in [2.05, 4.69) is 10.6 Å². The number of hydrogen-bond acceptors (Lipinski definition) is 7. The van der Waals surface area contributed by atoms with Crippen LogP contribution in [0.5, 0.6) is 5.75 Å². The summed E-state index contributed by atoms with van der Waals surface area (Å²) in [5.74, 6) is -0.238. The monoisotopic (exact) mass is 476 g/mol. The number of amides is 1. The summed E-state index contributed by atoms with van der Waals surface area (Å²) in [4.78, 5) is 13.1. The Balaban J connectivity index is 2.57. The molecule has 1 aromatic carbocycles. The number of carbonyl (C=O) groups excluding carboxylic acids is 1. The lowest BCUT2D eigenvalue weighted by Crippen LogP contribution is -2.47. The Bertz CT molecular complexity index is 1020. The van der Waals surface area contributed by atoms with Gasteiger partial charge in [0.2, 0.25) is 10.0 Å². The quantitative estimate of drug-likeness (QED) is 0.541. The lowest BCUT2D eigenvalue weighted by molar-refractivity contribution is 0.0924. The van der Waals surface area contributed by atoms with Crippen molar-refractivity contribution in [3.8, 4) is 5.75 Å². The number of ether oxygens (including phenoxy) is 1. The number of sulfonamides is 1. The molecule has 0 radical (unpaired) electrons. The van der Waals surface area contributed by atoms with Crippen molar-refractivity contribution >= 4 is 31.8 Å². The van der Waals surface area contributed by atoms with Crippen molar-refractivity contribution in [2.24, 2.45) is 0 Å². The van der Waals surface area contributed by atoms with E-state index >= 15 is 0 Å². The van der Waals surface area contributed by atoms with E-state index in [-0.39, 0.29) is 29.1 Å². The van der Waals surface area contributed by atoms with Crippen molar-refractivity contribution < 1.29 is 26.4 Å². The second-order valence-corrected chi connectivity index (χ2v) is 11.8. The highest BCUT2D eigenvalue weighted by atomic mass is 32.3. The van der Waals surface area contributed by atoms with Gasteiger partial charge in [-0.25, -0.2) is 8.42 Å². The molecule has 1 heterocycles. The molecule has 2 unspecified atom stereocenters. The minimum absolute atomic E-state index is 0.0575. The van der Waals surface area contributed by atoms with E-state index < -0.39 is 26.1 Å². The summed E-state index contributed by atoms with van der Waals surface area (Å²) in [5.41, 5.74) is 0.255. The molecule has 0 saturated carbocycles. The minimum atomic E-state index is -4.38. The number of anilines is 1. The van der Waals surface area contributed by atoms with Gasteiger partial charge in [-0.05, 0) is 50.4 Å². The number of nitrogens with one attached hydrogen (secondary N) is 2. The van der Waals surface area contributed by atoms with E-state index in [4.69, 9.17) is 4.74 Å². The molecule has 1 fully saturated rings. The van der Waals surface area contributed by atoms with Crippen molar-refractivity contribution in [3.05, 3.63) is 23.3 Å². The van der Waals surface area contributed by atoms with Gasteiger partial charge in [0.1, 0.15) is 5.75 Å². The molecule has 31 heavy (non-hydrogen) atoms. The third kappa shape index (κ3) is 5.48. The second-order valence-electron chi connectivity index (χ2n) is 7.78. The van der Waals surface area contributed by atoms with Gasteiger partial charge in [0.25, 0.3) is 5.91 Å². The van der Waals surface area contributed by atoms with Crippen molar-refractivity contribution in [3.63, 3.8) is 0 Å². The highest BCUT2D eigenvalue weighted by Crippen LogP contribution is 2.33. The van der Waals surface area contributed by atoms with E-state index in [1.807, 2.05) is 6.92 Å². The first-order chi connectivity index (χ1) is 14.3. The van der Waals surface area contributed by atoms with Gasteiger partial charge in [0, 0.05) is 26.2 Å². The summed E-state index contributed by atoms with van der Waals surface area (Å²) in [6, 6.07) is 2.73. The number of aryl methyl sites for hydroxylation is 1. The maximum absolute atomic E-state index is 13.1. The smallest absolute Gasteiger partial charge is 0.316 e. The molecular formula is C19H32N4O6S2. The molecule has 10 nitrogen and oxygen atoms in total. The molecule has 176 valence electrons. The summed E-state index contributed by atoms with van der Waals surface area (Å²) in [6.45, 7) is 4.42. The van der Waals surface area contributed by atoms with Crippen molar-refractivity contribution in [1.82, 2.24) is 14.9 Å². The SMILES string of the molecule is CCC(NC(=O)c1cc(N(S(C)(=O)=O)S(=O)(=O)N(C)C)c(C)cc1OC)C1CCCN1. The molecule has 12 heteroatoms. The fourth-order valence-corrected chi connectivity index (χ4v) is 6.69. The third-order valence-corrected chi connectivity index (χ3v) is 8.99. The number of hydrogen-bond donors (Lipinski definition) is 2. The van der Waals surface area contributed by atoms with Crippen molar-refractivity contribution in [2.75, 3.05) is 37.7 Å². The molecule has 1 aliphatic rings. The summed E-state index contributed by atoms with van der Waals surface area (Å²) < 4.78 is 57.0. The van der Waals surface area contributed by atoms with Gasteiger partial charge < -0.3 is 15.4 Å². The van der Waals surface area contributed by atoms with Gasteiger partial charge in [0.15, 0.2) is 0 Å². The predicted octanol–water partition coefficient (Wildman–Crippen LogP) is 0.836. The summed E-state index contributed by atoms with van der Waals surface area (Å²) in [6.07, 6.45) is 3.48. The standard InChI is InChI=1S/C19H32N4O6S2/c1-7-15(16-9-8-10-20-16)21-19(24)14-12-17(13(2)11-18(14)29-5)23(30(6,25)26)31(27,28)22(3)4/h11-12,15-16,20H,7-10H2,1-6H3,(H,21,24). The highest BCUT2D eigenvalue weighted by molar-refractivity contribution is 8.08. The minimum Gasteiger partial charge on any atom is -0.496 e. The molecule has 0 spiro atoms. The Morgan fingerprint density at radius 2 is 1.94 bits per heavy atom. The van der Waals surface area contributed by atoms with Gasteiger partial charge in [-0.3, -0.25) is 4.79 Å². The molecular weight excluding hydrogens is 444 g/mol. The Kier molecular flexibility index (Phi) is 7.95. The molecule has 1 amide bonds. The topological polar surface area (TPSA) is 125 Å². The molecule has 0 aromatic heterocycles. The predicted molar refractivity (Wildman–Crippen MR) is 120 cm³/mol. The van der Waals surface area contributed by atoms with Crippen LogP contribution in [-0.4, -0.2) is 73.1 Å². The van der Waals surface area contributed by atoms with Crippen LogP contribution in [-0.2, 0) is 20.2 Å². The lowest BCUT2D eigenvalue weighted by atomic mass is 10.0. The van der Waals surface area contributed by atoms with Crippen LogP contribution in [0.25, 0.3) is 0 Å². The van der Waals surface area contributed by atoms with E-state index in [0.717, 1.165) is 29.9 Å². The normalized spacial score (nSPS) is 18.1. The molecule has 1 aliphatic heterocycles. The van der Waals surface area contributed by atoms with Gasteiger partial charge in [0.05, 0.1) is 24.6 Å². The zero-order valence-corrected chi connectivity index (χ0v) is 20.4. The van der Waals surface area contributed by atoms with Gasteiger partial charge in [-0.15, -0.1) is 0 Å². The van der Waals surface area contributed by atoms with Crippen LogP contribution in [0.2, 0.25) is 0 Å². The molecule has 0 bridgehead atoms. The number of benzene rings is 1.